The summed E-state index contributed by atoms with van der Waals surface area (Å²) in [7, 11) is 0. The first-order valence-corrected chi connectivity index (χ1v) is 6.88. The minimum Gasteiger partial charge on any atom is -0.324 e. The molecule has 0 aromatic heterocycles. The summed E-state index contributed by atoms with van der Waals surface area (Å²) in [5.74, 6) is -0.279. The fraction of sp³-hybridized carbons (Fsp3) is 0.533. The van der Waals surface area contributed by atoms with Crippen molar-refractivity contribution in [1.29, 1.82) is 0 Å². The summed E-state index contributed by atoms with van der Waals surface area (Å²) in [5, 5.41) is 0. The van der Waals surface area contributed by atoms with Crippen LogP contribution in [-0.2, 0) is 0 Å². The molecule has 0 spiro atoms. The Morgan fingerprint density at radius 1 is 1.15 bits per heavy atom. The molecule has 2 heterocycles. The van der Waals surface area contributed by atoms with E-state index in [1.54, 1.807) is 30.3 Å². The molecule has 1 aromatic rings. The number of rotatable bonds is 1. The highest BCUT2D eigenvalue weighted by molar-refractivity contribution is 5.95. The average Bonchev–Trinajstić information content (AvgIpc) is 2.47. The second-order valence-electron chi connectivity index (χ2n) is 5.75. The van der Waals surface area contributed by atoms with E-state index in [1.807, 2.05) is 0 Å². The van der Waals surface area contributed by atoms with Crippen LogP contribution in [0.2, 0.25) is 0 Å². The van der Waals surface area contributed by atoms with E-state index in [2.05, 4.69) is 0 Å². The Morgan fingerprint density at radius 2 is 1.75 bits per heavy atom. The number of nitrogens with zero attached hydrogens (tertiary/aromatic N) is 1. The highest BCUT2D eigenvalue weighted by atomic mass is 19.4. The van der Waals surface area contributed by atoms with Gasteiger partial charge in [-0.1, -0.05) is 18.2 Å². The third-order valence-corrected chi connectivity index (χ3v) is 4.68. The van der Waals surface area contributed by atoms with Crippen molar-refractivity contribution in [2.75, 3.05) is 6.54 Å². The molecule has 1 amide bonds. The minimum atomic E-state index is -4.36. The first-order valence-electron chi connectivity index (χ1n) is 6.88. The molecule has 1 aromatic carbocycles. The van der Waals surface area contributed by atoms with Gasteiger partial charge in [0.25, 0.3) is 5.91 Å². The normalized spacial score (nSPS) is 29.6. The first-order chi connectivity index (χ1) is 9.44. The summed E-state index contributed by atoms with van der Waals surface area (Å²) >= 11 is 0. The van der Waals surface area contributed by atoms with Crippen molar-refractivity contribution < 1.29 is 18.0 Å². The highest BCUT2D eigenvalue weighted by Crippen LogP contribution is 2.52. The zero-order valence-electron chi connectivity index (χ0n) is 11.0. The molecule has 1 saturated carbocycles. The number of hydrogen-bond donors (Lipinski definition) is 0. The molecule has 0 N–H and O–H groups in total. The molecule has 3 aliphatic rings. The van der Waals surface area contributed by atoms with Gasteiger partial charge in [0, 0.05) is 12.1 Å². The van der Waals surface area contributed by atoms with Crippen molar-refractivity contribution in [1.82, 2.24) is 4.90 Å². The summed E-state index contributed by atoms with van der Waals surface area (Å²) in [6, 6.07) is 8.26. The standard InChI is InChI=1S/C15H16F3NO/c16-15(17,18)14-8-6-11(7-9-14)10-19(14)13(20)12-4-2-1-3-5-12/h1-5,11H,6-10H2. The second kappa shape index (κ2) is 4.50. The molecule has 0 radical (unpaired) electrons. The van der Waals surface area contributed by atoms with Crippen molar-refractivity contribution in [3.63, 3.8) is 0 Å². The monoisotopic (exact) mass is 283 g/mol. The van der Waals surface area contributed by atoms with E-state index in [1.165, 1.54) is 0 Å². The Morgan fingerprint density at radius 3 is 2.30 bits per heavy atom. The van der Waals surface area contributed by atoms with Gasteiger partial charge in [-0.3, -0.25) is 4.79 Å². The van der Waals surface area contributed by atoms with Crippen LogP contribution in [0.25, 0.3) is 0 Å². The molecule has 2 bridgehead atoms. The summed E-state index contributed by atoms with van der Waals surface area (Å²) in [4.78, 5) is 13.6. The number of benzene rings is 1. The second-order valence-corrected chi connectivity index (χ2v) is 5.75. The quantitative estimate of drug-likeness (QED) is 0.770. The Hall–Kier alpha value is -1.52. The number of piperidine rings is 2. The Labute approximate surface area is 115 Å². The van der Waals surface area contributed by atoms with Gasteiger partial charge >= 0.3 is 6.18 Å². The van der Waals surface area contributed by atoms with Crippen molar-refractivity contribution in [2.24, 2.45) is 5.92 Å². The van der Waals surface area contributed by atoms with Crippen LogP contribution in [0.3, 0.4) is 0 Å². The molecule has 2 aliphatic heterocycles. The van der Waals surface area contributed by atoms with E-state index in [-0.39, 0.29) is 25.3 Å². The summed E-state index contributed by atoms with van der Waals surface area (Å²) < 4.78 is 40.7. The highest BCUT2D eigenvalue weighted by Gasteiger charge is 2.63. The molecular formula is C15H16F3NO. The molecule has 4 rings (SSSR count). The topological polar surface area (TPSA) is 20.3 Å². The molecule has 108 valence electrons. The number of carbonyl (C=O) groups is 1. The van der Waals surface area contributed by atoms with Crippen LogP contribution in [0.1, 0.15) is 36.0 Å². The van der Waals surface area contributed by atoms with Gasteiger partial charge in [-0.2, -0.15) is 13.2 Å². The minimum absolute atomic E-state index is 0.0414. The SMILES string of the molecule is O=C(c1ccccc1)N1CC2CCC1(C(F)(F)F)CC2. The van der Waals surface area contributed by atoms with Crippen LogP contribution in [-0.4, -0.2) is 29.1 Å². The smallest absolute Gasteiger partial charge is 0.324 e. The third kappa shape index (κ3) is 1.91. The van der Waals surface area contributed by atoms with Gasteiger partial charge in [0.1, 0.15) is 5.54 Å². The molecule has 0 unspecified atom stereocenters. The van der Waals surface area contributed by atoms with Gasteiger partial charge in [-0.25, -0.2) is 0 Å². The Balaban J connectivity index is 1.97. The van der Waals surface area contributed by atoms with Crippen molar-refractivity contribution >= 4 is 5.91 Å². The predicted molar refractivity (Wildman–Crippen MR) is 68.2 cm³/mol. The van der Waals surface area contributed by atoms with E-state index in [0.29, 0.717) is 18.4 Å². The van der Waals surface area contributed by atoms with Crippen molar-refractivity contribution in [3.8, 4) is 0 Å². The van der Waals surface area contributed by atoms with E-state index >= 15 is 0 Å². The maximum absolute atomic E-state index is 13.6. The Bertz CT molecular complexity index is 504. The molecule has 20 heavy (non-hydrogen) atoms. The van der Waals surface area contributed by atoms with E-state index in [0.717, 1.165) is 4.90 Å². The van der Waals surface area contributed by atoms with Crippen LogP contribution < -0.4 is 0 Å². The molecule has 3 fully saturated rings. The number of hydrogen-bond acceptors (Lipinski definition) is 1. The molecule has 0 atom stereocenters. The summed E-state index contributed by atoms with van der Waals surface area (Å²) in [6.45, 7) is 0.229. The number of alkyl halides is 3. The number of amides is 1. The first kappa shape index (κ1) is 13.5. The average molecular weight is 283 g/mol. The molecule has 2 saturated heterocycles. The summed E-state index contributed by atoms with van der Waals surface area (Å²) in [5.41, 5.74) is -1.61. The Kier molecular flexibility index (Phi) is 3.03. The molecule has 5 heteroatoms. The van der Waals surface area contributed by atoms with Crippen LogP contribution in [0.5, 0.6) is 0 Å². The fourth-order valence-electron chi connectivity index (χ4n) is 3.49. The lowest BCUT2D eigenvalue weighted by Crippen LogP contribution is -2.67. The van der Waals surface area contributed by atoms with Gasteiger partial charge in [-0.05, 0) is 43.7 Å². The lowest BCUT2D eigenvalue weighted by atomic mass is 9.69. The van der Waals surface area contributed by atoms with E-state index in [4.69, 9.17) is 0 Å². The number of carbonyl (C=O) groups excluding carboxylic acids is 1. The van der Waals surface area contributed by atoms with Gasteiger partial charge in [0.15, 0.2) is 0 Å². The third-order valence-electron chi connectivity index (χ3n) is 4.68. The van der Waals surface area contributed by atoms with Gasteiger partial charge in [0.05, 0.1) is 0 Å². The lowest BCUT2D eigenvalue weighted by molar-refractivity contribution is -0.250. The van der Waals surface area contributed by atoms with Crippen LogP contribution in [0.15, 0.2) is 30.3 Å². The van der Waals surface area contributed by atoms with Crippen LogP contribution >= 0.6 is 0 Å². The van der Waals surface area contributed by atoms with Gasteiger partial charge < -0.3 is 4.90 Å². The number of fused-ring (bicyclic) bond motifs is 3. The maximum Gasteiger partial charge on any atom is 0.411 e. The van der Waals surface area contributed by atoms with Gasteiger partial charge in [0.2, 0.25) is 0 Å². The summed E-state index contributed by atoms with van der Waals surface area (Å²) in [6.07, 6.45) is -3.14. The van der Waals surface area contributed by atoms with Crippen LogP contribution in [0, 0.1) is 5.92 Å². The lowest BCUT2D eigenvalue weighted by Gasteiger charge is -2.54. The zero-order chi connectivity index (χ0) is 14.4. The van der Waals surface area contributed by atoms with E-state index < -0.39 is 17.6 Å². The van der Waals surface area contributed by atoms with Crippen molar-refractivity contribution in [2.45, 2.75) is 37.4 Å². The maximum atomic E-state index is 13.6. The number of halogens is 3. The molecule has 1 aliphatic carbocycles. The van der Waals surface area contributed by atoms with E-state index in [9.17, 15) is 18.0 Å². The fourth-order valence-corrected chi connectivity index (χ4v) is 3.49. The largest absolute Gasteiger partial charge is 0.411 e. The molecular weight excluding hydrogens is 267 g/mol. The predicted octanol–water partition coefficient (Wildman–Crippen LogP) is 3.63. The molecule has 2 nitrogen and oxygen atoms in total. The zero-order valence-corrected chi connectivity index (χ0v) is 11.0. The van der Waals surface area contributed by atoms with Crippen LogP contribution in [0.4, 0.5) is 13.2 Å². The van der Waals surface area contributed by atoms with Crippen molar-refractivity contribution in [3.05, 3.63) is 35.9 Å². The van der Waals surface area contributed by atoms with Gasteiger partial charge in [-0.15, -0.1) is 0 Å².